The maximum absolute atomic E-state index is 11.1. The predicted octanol–water partition coefficient (Wildman–Crippen LogP) is 3.36. The van der Waals surface area contributed by atoms with Gasteiger partial charge in [0.15, 0.2) is 0 Å². The van der Waals surface area contributed by atoms with Crippen molar-refractivity contribution in [1.29, 1.82) is 0 Å². The molecule has 1 aliphatic rings. The lowest BCUT2D eigenvalue weighted by Crippen LogP contribution is -2.20. The fourth-order valence-corrected chi connectivity index (χ4v) is 2.14. The SMILES string of the molecule is Cc1ccc(OCC2CCC2)c(C(C)C(=O)O)c1. The lowest BCUT2D eigenvalue weighted by atomic mass is 9.86. The van der Waals surface area contributed by atoms with E-state index in [0.717, 1.165) is 16.9 Å². The Morgan fingerprint density at radius 2 is 2.22 bits per heavy atom. The van der Waals surface area contributed by atoms with E-state index in [4.69, 9.17) is 9.84 Å². The van der Waals surface area contributed by atoms with Gasteiger partial charge in [0.05, 0.1) is 12.5 Å². The average Bonchev–Trinajstić information content (AvgIpc) is 2.27. The molecule has 0 bridgehead atoms. The van der Waals surface area contributed by atoms with Crippen LogP contribution in [0.4, 0.5) is 0 Å². The molecule has 1 atom stereocenters. The van der Waals surface area contributed by atoms with Crippen LogP contribution < -0.4 is 4.74 Å². The quantitative estimate of drug-likeness (QED) is 0.869. The zero-order chi connectivity index (χ0) is 13.1. The fraction of sp³-hybridized carbons (Fsp3) is 0.533. The molecule has 1 unspecified atom stereocenters. The Morgan fingerprint density at radius 3 is 2.78 bits per heavy atom. The molecular formula is C15H20O3. The Bertz CT molecular complexity index is 435. The van der Waals surface area contributed by atoms with E-state index >= 15 is 0 Å². The molecule has 1 fully saturated rings. The maximum Gasteiger partial charge on any atom is 0.310 e. The van der Waals surface area contributed by atoms with Crippen molar-refractivity contribution in [3.8, 4) is 5.75 Å². The summed E-state index contributed by atoms with van der Waals surface area (Å²) in [6, 6.07) is 5.77. The molecule has 0 heterocycles. The average molecular weight is 248 g/mol. The molecule has 0 saturated heterocycles. The van der Waals surface area contributed by atoms with Crippen LogP contribution in [0.25, 0.3) is 0 Å². The molecule has 1 N–H and O–H groups in total. The third-order valence-corrected chi connectivity index (χ3v) is 3.70. The van der Waals surface area contributed by atoms with Crippen LogP contribution in [-0.4, -0.2) is 17.7 Å². The topological polar surface area (TPSA) is 46.5 Å². The van der Waals surface area contributed by atoms with Gasteiger partial charge in [-0.3, -0.25) is 4.79 Å². The molecule has 3 nitrogen and oxygen atoms in total. The number of rotatable bonds is 5. The minimum atomic E-state index is -0.811. The number of hydrogen-bond donors (Lipinski definition) is 1. The first kappa shape index (κ1) is 12.9. The largest absolute Gasteiger partial charge is 0.493 e. The Kier molecular flexibility index (Phi) is 3.90. The summed E-state index contributed by atoms with van der Waals surface area (Å²) >= 11 is 0. The maximum atomic E-state index is 11.1. The monoisotopic (exact) mass is 248 g/mol. The molecule has 2 rings (SSSR count). The Labute approximate surface area is 108 Å². The van der Waals surface area contributed by atoms with Gasteiger partial charge in [0, 0.05) is 5.56 Å². The van der Waals surface area contributed by atoms with Gasteiger partial charge in [-0.15, -0.1) is 0 Å². The Morgan fingerprint density at radius 1 is 1.50 bits per heavy atom. The predicted molar refractivity (Wildman–Crippen MR) is 70.1 cm³/mol. The first-order valence-corrected chi connectivity index (χ1v) is 6.54. The Balaban J connectivity index is 2.13. The molecular weight excluding hydrogens is 228 g/mol. The van der Waals surface area contributed by atoms with Gasteiger partial charge in [0.1, 0.15) is 5.75 Å². The van der Waals surface area contributed by atoms with Gasteiger partial charge < -0.3 is 9.84 Å². The van der Waals surface area contributed by atoms with Gasteiger partial charge in [-0.2, -0.15) is 0 Å². The highest BCUT2D eigenvalue weighted by Crippen LogP contribution is 2.31. The van der Waals surface area contributed by atoms with Crippen molar-refractivity contribution < 1.29 is 14.6 Å². The molecule has 3 heteroatoms. The van der Waals surface area contributed by atoms with Crippen molar-refractivity contribution in [2.24, 2.45) is 5.92 Å². The summed E-state index contributed by atoms with van der Waals surface area (Å²) in [7, 11) is 0. The summed E-state index contributed by atoms with van der Waals surface area (Å²) in [6.45, 7) is 4.38. The van der Waals surface area contributed by atoms with Gasteiger partial charge in [-0.05, 0) is 38.7 Å². The highest BCUT2D eigenvalue weighted by molar-refractivity contribution is 5.76. The van der Waals surface area contributed by atoms with E-state index in [2.05, 4.69) is 0 Å². The van der Waals surface area contributed by atoms with Gasteiger partial charge in [-0.1, -0.05) is 24.1 Å². The summed E-state index contributed by atoms with van der Waals surface area (Å²) in [6.07, 6.45) is 3.76. The van der Waals surface area contributed by atoms with E-state index in [1.807, 2.05) is 25.1 Å². The van der Waals surface area contributed by atoms with Crippen LogP contribution in [0.15, 0.2) is 18.2 Å². The normalized spacial score (nSPS) is 17.0. The summed E-state index contributed by atoms with van der Waals surface area (Å²) in [5, 5.41) is 9.13. The molecule has 0 amide bonds. The van der Waals surface area contributed by atoms with Crippen LogP contribution in [0.3, 0.4) is 0 Å². The number of aryl methyl sites for hydroxylation is 1. The van der Waals surface area contributed by atoms with Crippen molar-refractivity contribution in [3.63, 3.8) is 0 Å². The van der Waals surface area contributed by atoms with Crippen molar-refractivity contribution in [3.05, 3.63) is 29.3 Å². The Hall–Kier alpha value is -1.51. The van der Waals surface area contributed by atoms with Crippen LogP contribution in [-0.2, 0) is 4.79 Å². The second kappa shape index (κ2) is 5.42. The molecule has 0 spiro atoms. The van der Waals surface area contributed by atoms with Crippen LogP contribution in [0.1, 0.15) is 43.2 Å². The molecule has 1 aliphatic carbocycles. The van der Waals surface area contributed by atoms with Gasteiger partial charge >= 0.3 is 5.97 Å². The molecule has 1 saturated carbocycles. The molecule has 0 aromatic heterocycles. The standard InChI is InChI=1S/C15H20O3/c1-10-6-7-14(18-9-12-4-3-5-12)13(8-10)11(2)15(16)17/h6-8,11-12H,3-5,9H2,1-2H3,(H,16,17). The molecule has 98 valence electrons. The van der Waals surface area contributed by atoms with Gasteiger partial charge in [0.25, 0.3) is 0 Å². The van der Waals surface area contributed by atoms with Gasteiger partial charge in [0.2, 0.25) is 0 Å². The first-order chi connectivity index (χ1) is 8.58. The fourth-order valence-electron chi connectivity index (χ4n) is 2.14. The van der Waals surface area contributed by atoms with Crippen LogP contribution >= 0.6 is 0 Å². The minimum absolute atomic E-state index is 0.527. The minimum Gasteiger partial charge on any atom is -0.493 e. The molecule has 0 aliphatic heterocycles. The third-order valence-electron chi connectivity index (χ3n) is 3.70. The van der Waals surface area contributed by atoms with E-state index in [1.165, 1.54) is 19.3 Å². The lowest BCUT2D eigenvalue weighted by molar-refractivity contribution is -0.138. The smallest absolute Gasteiger partial charge is 0.310 e. The number of ether oxygens (including phenoxy) is 1. The molecule has 0 radical (unpaired) electrons. The van der Waals surface area contributed by atoms with Crippen LogP contribution in [0, 0.1) is 12.8 Å². The van der Waals surface area contributed by atoms with E-state index in [0.29, 0.717) is 12.5 Å². The number of carboxylic acid groups (broad SMARTS) is 1. The number of aliphatic carboxylic acids is 1. The zero-order valence-electron chi connectivity index (χ0n) is 11.0. The first-order valence-electron chi connectivity index (χ1n) is 6.54. The molecule has 18 heavy (non-hydrogen) atoms. The lowest BCUT2D eigenvalue weighted by Gasteiger charge is -2.26. The second-order valence-electron chi connectivity index (χ2n) is 5.21. The van der Waals surface area contributed by atoms with Crippen LogP contribution in [0.2, 0.25) is 0 Å². The van der Waals surface area contributed by atoms with Crippen LogP contribution in [0.5, 0.6) is 5.75 Å². The molecule has 1 aromatic carbocycles. The van der Waals surface area contributed by atoms with Crippen molar-refractivity contribution in [2.75, 3.05) is 6.61 Å². The zero-order valence-corrected chi connectivity index (χ0v) is 11.0. The number of carboxylic acids is 1. The van der Waals surface area contributed by atoms with Crippen molar-refractivity contribution >= 4 is 5.97 Å². The number of benzene rings is 1. The third kappa shape index (κ3) is 2.84. The highest BCUT2D eigenvalue weighted by Gasteiger charge is 2.21. The number of hydrogen-bond acceptors (Lipinski definition) is 2. The van der Waals surface area contributed by atoms with E-state index in [-0.39, 0.29) is 0 Å². The van der Waals surface area contributed by atoms with E-state index < -0.39 is 11.9 Å². The summed E-state index contributed by atoms with van der Waals surface area (Å²) < 4.78 is 5.80. The van der Waals surface area contributed by atoms with Gasteiger partial charge in [-0.25, -0.2) is 0 Å². The summed E-state index contributed by atoms with van der Waals surface area (Å²) in [5.41, 5.74) is 1.84. The van der Waals surface area contributed by atoms with E-state index in [9.17, 15) is 4.79 Å². The summed E-state index contributed by atoms with van der Waals surface area (Å²) in [5.74, 6) is 0.0390. The van der Waals surface area contributed by atoms with E-state index in [1.54, 1.807) is 6.92 Å². The van der Waals surface area contributed by atoms with Crippen molar-refractivity contribution in [2.45, 2.75) is 39.0 Å². The number of carbonyl (C=O) groups is 1. The second-order valence-corrected chi connectivity index (χ2v) is 5.21. The molecule has 1 aromatic rings. The van der Waals surface area contributed by atoms with Crippen molar-refractivity contribution in [1.82, 2.24) is 0 Å². The summed E-state index contributed by atoms with van der Waals surface area (Å²) in [4.78, 5) is 11.1. The highest BCUT2D eigenvalue weighted by atomic mass is 16.5.